The van der Waals surface area contributed by atoms with Crippen LogP contribution >= 0.6 is 0 Å². The van der Waals surface area contributed by atoms with Gasteiger partial charge in [0.25, 0.3) is 0 Å². The van der Waals surface area contributed by atoms with Crippen molar-refractivity contribution in [3.8, 4) is 11.1 Å². The molecule has 0 aliphatic carbocycles. The minimum Gasteiger partial charge on any atom is -0.445 e. The van der Waals surface area contributed by atoms with Gasteiger partial charge in [-0.15, -0.1) is 0 Å². The molecule has 1 heterocycles. The van der Waals surface area contributed by atoms with Gasteiger partial charge in [-0.1, -0.05) is 54.6 Å². The Morgan fingerprint density at radius 2 is 1.53 bits per heavy atom. The lowest BCUT2D eigenvalue weighted by atomic mass is 10.0. The van der Waals surface area contributed by atoms with Crippen LogP contribution in [-0.4, -0.2) is 35.4 Å². The second kappa shape index (κ2) is 10.7. The molecule has 0 spiro atoms. The monoisotopic (exact) mass is 457 g/mol. The third kappa shape index (κ3) is 5.81. The van der Waals surface area contributed by atoms with Crippen molar-refractivity contribution in [2.45, 2.75) is 32.4 Å². The zero-order valence-corrected chi connectivity index (χ0v) is 19.0. The molecule has 0 aromatic heterocycles. The molecule has 0 unspecified atom stereocenters. The molecule has 174 valence electrons. The first-order valence-electron chi connectivity index (χ1n) is 11.3. The van der Waals surface area contributed by atoms with Crippen molar-refractivity contribution in [2.24, 2.45) is 0 Å². The summed E-state index contributed by atoms with van der Waals surface area (Å²) in [5.41, 5.74) is 4.05. The van der Waals surface area contributed by atoms with Crippen LogP contribution in [0.15, 0.2) is 78.9 Å². The number of carbonyl (C=O) groups excluding carboxylic acids is 3. The summed E-state index contributed by atoms with van der Waals surface area (Å²) < 4.78 is 5.44. The van der Waals surface area contributed by atoms with E-state index in [2.05, 4.69) is 10.6 Å². The molecule has 0 bridgehead atoms. The molecule has 3 amide bonds. The number of anilines is 2. The number of nitrogens with one attached hydrogen (secondary N) is 2. The van der Waals surface area contributed by atoms with E-state index in [1.807, 2.05) is 78.9 Å². The molecule has 0 saturated carbocycles. The summed E-state index contributed by atoms with van der Waals surface area (Å²) in [6.07, 6.45) is 0.851. The highest BCUT2D eigenvalue weighted by Gasteiger charge is 2.35. The van der Waals surface area contributed by atoms with Gasteiger partial charge in [0.2, 0.25) is 11.8 Å². The second-order valence-electron chi connectivity index (χ2n) is 8.22. The minimum absolute atomic E-state index is 0.137. The van der Waals surface area contributed by atoms with Gasteiger partial charge in [-0.05, 0) is 53.8 Å². The number of hydrogen-bond acceptors (Lipinski definition) is 4. The highest BCUT2D eigenvalue weighted by molar-refractivity contribution is 5.97. The number of hydrogen-bond donors (Lipinski definition) is 2. The first-order valence-corrected chi connectivity index (χ1v) is 11.3. The van der Waals surface area contributed by atoms with Gasteiger partial charge in [0, 0.05) is 24.8 Å². The number of nitrogens with zero attached hydrogens (tertiary/aromatic N) is 1. The lowest BCUT2D eigenvalue weighted by molar-refractivity contribution is -0.120. The van der Waals surface area contributed by atoms with E-state index >= 15 is 0 Å². The first-order chi connectivity index (χ1) is 16.5. The van der Waals surface area contributed by atoms with Gasteiger partial charge in [0.1, 0.15) is 12.6 Å². The number of carbonyl (C=O) groups is 3. The van der Waals surface area contributed by atoms with Gasteiger partial charge in [-0.25, -0.2) is 4.79 Å². The van der Waals surface area contributed by atoms with Crippen LogP contribution in [0.25, 0.3) is 11.1 Å². The zero-order chi connectivity index (χ0) is 23.9. The molecule has 3 aromatic rings. The van der Waals surface area contributed by atoms with E-state index < -0.39 is 12.1 Å². The number of likely N-dealkylation sites (tertiary alicyclic amines) is 1. The summed E-state index contributed by atoms with van der Waals surface area (Å²) in [5.74, 6) is -0.375. The van der Waals surface area contributed by atoms with Crippen LogP contribution in [0.4, 0.5) is 16.2 Å². The van der Waals surface area contributed by atoms with Crippen molar-refractivity contribution < 1.29 is 19.1 Å². The average molecular weight is 458 g/mol. The molecule has 1 aliphatic heterocycles. The van der Waals surface area contributed by atoms with Gasteiger partial charge in [0.15, 0.2) is 0 Å². The van der Waals surface area contributed by atoms with Gasteiger partial charge in [-0.2, -0.15) is 0 Å². The highest BCUT2D eigenvalue weighted by Crippen LogP contribution is 2.26. The Hall–Kier alpha value is -4.13. The van der Waals surface area contributed by atoms with Gasteiger partial charge in [0.05, 0.1) is 0 Å². The lowest BCUT2D eigenvalue weighted by Gasteiger charge is -2.23. The van der Waals surface area contributed by atoms with Gasteiger partial charge < -0.3 is 15.4 Å². The van der Waals surface area contributed by atoms with Crippen molar-refractivity contribution in [1.29, 1.82) is 0 Å². The van der Waals surface area contributed by atoms with E-state index in [0.717, 1.165) is 23.1 Å². The third-order valence-corrected chi connectivity index (χ3v) is 5.64. The van der Waals surface area contributed by atoms with Crippen LogP contribution in [-0.2, 0) is 20.9 Å². The standard InChI is InChI=1S/C27H27N3O4/c1-19(31)28-23-12-5-10-21(16-23)22-11-6-13-24(17-22)29-26(32)25-14-7-15-30(25)27(33)34-18-20-8-3-2-4-9-20/h2-6,8-13,16-17,25H,7,14-15,18H2,1H3,(H,28,31)(H,29,32)/t25-/m0/s1. The van der Waals surface area contributed by atoms with Crippen molar-refractivity contribution in [1.82, 2.24) is 4.90 Å². The fourth-order valence-corrected chi connectivity index (χ4v) is 4.04. The SMILES string of the molecule is CC(=O)Nc1cccc(-c2cccc(NC(=O)[C@@H]3CCCN3C(=O)OCc3ccccc3)c2)c1. The van der Waals surface area contributed by atoms with Crippen molar-refractivity contribution >= 4 is 29.3 Å². The van der Waals surface area contributed by atoms with Crippen LogP contribution in [0, 0.1) is 0 Å². The quantitative estimate of drug-likeness (QED) is 0.542. The molecular weight excluding hydrogens is 430 g/mol. The number of amides is 3. The summed E-state index contributed by atoms with van der Waals surface area (Å²) >= 11 is 0. The van der Waals surface area contributed by atoms with Crippen molar-refractivity contribution in [3.63, 3.8) is 0 Å². The van der Waals surface area contributed by atoms with Crippen LogP contribution in [0.1, 0.15) is 25.3 Å². The Balaban J connectivity index is 1.41. The van der Waals surface area contributed by atoms with E-state index in [0.29, 0.717) is 24.3 Å². The lowest BCUT2D eigenvalue weighted by Crippen LogP contribution is -2.43. The molecule has 7 heteroatoms. The number of rotatable bonds is 6. The maximum Gasteiger partial charge on any atom is 0.410 e. The topological polar surface area (TPSA) is 87.7 Å². The zero-order valence-electron chi connectivity index (χ0n) is 19.0. The molecule has 34 heavy (non-hydrogen) atoms. The van der Waals surface area contributed by atoms with Crippen LogP contribution in [0.5, 0.6) is 0 Å². The molecular formula is C27H27N3O4. The summed E-state index contributed by atoms with van der Waals surface area (Å²) in [5, 5.41) is 5.72. The summed E-state index contributed by atoms with van der Waals surface area (Å²) in [6.45, 7) is 2.12. The molecule has 2 N–H and O–H groups in total. The molecule has 1 fully saturated rings. The van der Waals surface area contributed by atoms with E-state index in [1.54, 1.807) is 0 Å². The maximum atomic E-state index is 13.0. The Morgan fingerprint density at radius 1 is 0.882 bits per heavy atom. The summed E-state index contributed by atoms with van der Waals surface area (Å²) in [6, 6.07) is 23.9. The molecule has 1 saturated heterocycles. The normalized spacial score (nSPS) is 15.0. The van der Waals surface area contributed by atoms with Crippen molar-refractivity contribution in [3.05, 3.63) is 84.4 Å². The predicted octanol–water partition coefficient (Wildman–Crippen LogP) is 5.05. The summed E-state index contributed by atoms with van der Waals surface area (Å²) in [4.78, 5) is 38.5. The van der Waals surface area contributed by atoms with E-state index in [4.69, 9.17) is 4.74 Å². The van der Waals surface area contributed by atoms with Crippen LogP contribution in [0.3, 0.4) is 0 Å². The predicted molar refractivity (Wildman–Crippen MR) is 131 cm³/mol. The fourth-order valence-electron chi connectivity index (χ4n) is 4.04. The first kappa shape index (κ1) is 23.0. The molecule has 3 aromatic carbocycles. The number of benzene rings is 3. The Labute approximate surface area is 198 Å². The van der Waals surface area contributed by atoms with E-state index in [9.17, 15) is 14.4 Å². The Morgan fingerprint density at radius 3 is 2.18 bits per heavy atom. The van der Waals surface area contributed by atoms with Gasteiger partial charge >= 0.3 is 6.09 Å². The molecule has 1 aliphatic rings. The Bertz CT molecular complexity index is 1180. The minimum atomic E-state index is -0.574. The average Bonchev–Trinajstić information content (AvgIpc) is 3.34. The summed E-state index contributed by atoms with van der Waals surface area (Å²) in [7, 11) is 0. The molecule has 0 radical (unpaired) electrons. The van der Waals surface area contributed by atoms with Crippen molar-refractivity contribution in [2.75, 3.05) is 17.2 Å². The van der Waals surface area contributed by atoms with Crippen LogP contribution < -0.4 is 10.6 Å². The smallest absolute Gasteiger partial charge is 0.410 e. The fraction of sp³-hybridized carbons (Fsp3) is 0.222. The van der Waals surface area contributed by atoms with E-state index in [-0.39, 0.29) is 18.4 Å². The van der Waals surface area contributed by atoms with Gasteiger partial charge in [-0.3, -0.25) is 14.5 Å². The molecule has 1 atom stereocenters. The second-order valence-corrected chi connectivity index (χ2v) is 8.22. The van der Waals surface area contributed by atoms with Crippen LogP contribution in [0.2, 0.25) is 0 Å². The molecule has 7 nitrogen and oxygen atoms in total. The third-order valence-electron chi connectivity index (χ3n) is 5.64. The Kier molecular flexibility index (Phi) is 7.22. The molecule has 4 rings (SSSR count). The van der Waals surface area contributed by atoms with E-state index in [1.165, 1.54) is 11.8 Å². The highest BCUT2D eigenvalue weighted by atomic mass is 16.6. The number of ether oxygens (including phenoxy) is 1. The largest absolute Gasteiger partial charge is 0.445 e. The maximum absolute atomic E-state index is 13.0.